The highest BCUT2D eigenvalue weighted by Crippen LogP contribution is 2.32. The minimum atomic E-state index is -0.233. The molecule has 114 valence electrons. The third-order valence-electron chi connectivity index (χ3n) is 3.22. The minimum Gasteiger partial charge on any atom is -0.497 e. The van der Waals surface area contributed by atoms with Gasteiger partial charge >= 0.3 is 0 Å². The summed E-state index contributed by atoms with van der Waals surface area (Å²) in [5, 5.41) is 1.86. The van der Waals surface area contributed by atoms with Crippen LogP contribution in [-0.4, -0.2) is 24.7 Å². The Morgan fingerprint density at radius 3 is 2.73 bits per heavy atom. The molecule has 3 rings (SSSR count). The van der Waals surface area contributed by atoms with Crippen molar-refractivity contribution in [1.82, 2.24) is 4.57 Å². The summed E-state index contributed by atoms with van der Waals surface area (Å²) in [7, 11) is 5.09. The molecule has 2 heterocycles. The average molecular weight is 334 g/mol. The largest absolute Gasteiger partial charge is 0.497 e. The Morgan fingerprint density at radius 1 is 1.27 bits per heavy atom. The molecule has 0 N–H and O–H groups in total. The number of thiazole rings is 1. The van der Waals surface area contributed by atoms with Gasteiger partial charge in [-0.25, -0.2) is 0 Å². The molecule has 0 aliphatic rings. The number of benzene rings is 1. The number of thiophene rings is 1. The first kappa shape index (κ1) is 14.8. The second-order valence-electron chi connectivity index (χ2n) is 4.51. The standard InChI is InChI=1S/C15H14N2O3S2/c1-17-13-10(20-3)7-9(19-2)8-12(13)22-15(17)16-14(18)11-5-4-6-21-11/h4-8H,1-3H3. The number of rotatable bonds is 3. The molecular formula is C15H14N2O3S2. The topological polar surface area (TPSA) is 52.8 Å². The lowest BCUT2D eigenvalue weighted by Gasteiger charge is -2.06. The van der Waals surface area contributed by atoms with Crippen molar-refractivity contribution in [2.75, 3.05) is 14.2 Å². The normalized spacial score (nSPS) is 11.9. The summed E-state index contributed by atoms with van der Waals surface area (Å²) >= 11 is 2.81. The Bertz CT molecular complexity index is 892. The number of methoxy groups -OCH3 is 2. The molecule has 1 aromatic carbocycles. The molecule has 1 amide bonds. The number of aryl methyl sites for hydroxylation is 1. The fourth-order valence-corrected chi connectivity index (χ4v) is 3.81. The van der Waals surface area contributed by atoms with Crippen LogP contribution in [0.1, 0.15) is 9.67 Å². The zero-order valence-electron chi connectivity index (χ0n) is 12.3. The SMILES string of the molecule is COc1cc(OC)c2c(c1)sc(=NC(=O)c1cccs1)n2C. The van der Waals surface area contributed by atoms with Gasteiger partial charge in [0.15, 0.2) is 4.80 Å². The Labute approximate surface area is 135 Å². The van der Waals surface area contributed by atoms with Crippen LogP contribution in [0.3, 0.4) is 0 Å². The van der Waals surface area contributed by atoms with E-state index in [0.717, 1.165) is 10.2 Å². The molecule has 0 aliphatic heterocycles. The lowest BCUT2D eigenvalue weighted by molar-refractivity contribution is 0.100. The zero-order valence-corrected chi connectivity index (χ0v) is 14.0. The highest BCUT2D eigenvalue weighted by molar-refractivity contribution is 7.16. The molecule has 0 saturated carbocycles. The minimum absolute atomic E-state index is 0.233. The van der Waals surface area contributed by atoms with Crippen molar-refractivity contribution in [2.24, 2.45) is 12.0 Å². The molecule has 5 nitrogen and oxygen atoms in total. The van der Waals surface area contributed by atoms with Crippen molar-refractivity contribution in [3.63, 3.8) is 0 Å². The van der Waals surface area contributed by atoms with Gasteiger partial charge < -0.3 is 14.0 Å². The smallest absolute Gasteiger partial charge is 0.289 e. The number of carbonyl (C=O) groups is 1. The van der Waals surface area contributed by atoms with Crippen LogP contribution < -0.4 is 14.3 Å². The lowest BCUT2D eigenvalue weighted by Crippen LogP contribution is -2.13. The first-order valence-electron chi connectivity index (χ1n) is 6.48. The van der Waals surface area contributed by atoms with Crippen molar-refractivity contribution < 1.29 is 14.3 Å². The van der Waals surface area contributed by atoms with E-state index in [1.54, 1.807) is 20.3 Å². The first-order chi connectivity index (χ1) is 10.6. The summed E-state index contributed by atoms with van der Waals surface area (Å²) in [5.41, 5.74) is 0.894. The number of nitrogens with zero attached hydrogens (tertiary/aromatic N) is 2. The van der Waals surface area contributed by atoms with Crippen molar-refractivity contribution in [1.29, 1.82) is 0 Å². The lowest BCUT2D eigenvalue weighted by atomic mass is 10.3. The van der Waals surface area contributed by atoms with Crippen LogP contribution in [0.2, 0.25) is 0 Å². The van der Waals surface area contributed by atoms with Gasteiger partial charge in [-0.15, -0.1) is 11.3 Å². The van der Waals surface area contributed by atoms with Gasteiger partial charge in [0.1, 0.15) is 17.0 Å². The van der Waals surface area contributed by atoms with E-state index in [9.17, 15) is 4.79 Å². The number of hydrogen-bond donors (Lipinski definition) is 0. The average Bonchev–Trinajstić information content (AvgIpc) is 3.15. The van der Waals surface area contributed by atoms with Crippen LogP contribution in [0.25, 0.3) is 10.2 Å². The zero-order chi connectivity index (χ0) is 15.7. The fraction of sp³-hybridized carbons (Fsp3) is 0.200. The number of fused-ring (bicyclic) bond motifs is 1. The first-order valence-corrected chi connectivity index (χ1v) is 8.17. The second-order valence-corrected chi connectivity index (χ2v) is 6.47. The van der Waals surface area contributed by atoms with Crippen LogP contribution in [0, 0.1) is 0 Å². The van der Waals surface area contributed by atoms with Gasteiger partial charge in [0.2, 0.25) is 0 Å². The molecule has 0 unspecified atom stereocenters. The molecule has 0 atom stereocenters. The van der Waals surface area contributed by atoms with Gasteiger partial charge in [-0.1, -0.05) is 17.4 Å². The van der Waals surface area contributed by atoms with Gasteiger partial charge in [0.25, 0.3) is 5.91 Å². The molecule has 0 bridgehead atoms. The van der Waals surface area contributed by atoms with Crippen molar-refractivity contribution >= 4 is 38.8 Å². The summed E-state index contributed by atoms with van der Waals surface area (Å²) < 4.78 is 13.5. The molecule has 0 fully saturated rings. The fourth-order valence-electron chi connectivity index (χ4n) is 2.14. The van der Waals surface area contributed by atoms with E-state index in [1.165, 1.54) is 22.7 Å². The predicted octanol–water partition coefficient (Wildman–Crippen LogP) is 3.06. The highest BCUT2D eigenvalue weighted by Gasteiger charge is 2.13. The van der Waals surface area contributed by atoms with Gasteiger partial charge in [-0.2, -0.15) is 4.99 Å². The van der Waals surface area contributed by atoms with Crippen molar-refractivity contribution in [3.05, 3.63) is 39.3 Å². The molecule has 0 spiro atoms. The molecule has 0 aliphatic carbocycles. The van der Waals surface area contributed by atoms with Crippen molar-refractivity contribution in [3.8, 4) is 11.5 Å². The van der Waals surface area contributed by atoms with Gasteiger partial charge in [0, 0.05) is 13.1 Å². The molecule has 3 aromatic rings. The molecule has 2 aromatic heterocycles. The Kier molecular flexibility index (Phi) is 4.00. The van der Waals surface area contributed by atoms with Crippen LogP contribution >= 0.6 is 22.7 Å². The highest BCUT2D eigenvalue weighted by atomic mass is 32.1. The number of aromatic nitrogens is 1. The van der Waals surface area contributed by atoms with E-state index in [-0.39, 0.29) is 5.91 Å². The monoisotopic (exact) mass is 334 g/mol. The summed E-state index contributed by atoms with van der Waals surface area (Å²) in [6.45, 7) is 0. The van der Waals surface area contributed by atoms with E-state index in [0.29, 0.717) is 21.2 Å². The molecular weight excluding hydrogens is 320 g/mol. The number of ether oxygens (including phenoxy) is 2. The van der Waals surface area contributed by atoms with Crippen LogP contribution in [0.4, 0.5) is 0 Å². The van der Waals surface area contributed by atoms with Gasteiger partial charge in [0.05, 0.1) is 23.8 Å². The van der Waals surface area contributed by atoms with E-state index < -0.39 is 0 Å². The van der Waals surface area contributed by atoms with Crippen LogP contribution in [-0.2, 0) is 7.05 Å². The number of carbonyl (C=O) groups excluding carboxylic acids is 1. The summed E-state index contributed by atoms with van der Waals surface area (Å²) in [4.78, 5) is 17.6. The maximum atomic E-state index is 12.2. The van der Waals surface area contributed by atoms with Crippen LogP contribution in [0.15, 0.2) is 34.6 Å². The Balaban J connectivity index is 2.19. The number of amides is 1. The third kappa shape index (κ3) is 2.53. The molecule has 7 heteroatoms. The maximum Gasteiger partial charge on any atom is 0.289 e. The van der Waals surface area contributed by atoms with E-state index in [1.807, 2.05) is 35.2 Å². The number of hydrogen-bond acceptors (Lipinski definition) is 5. The molecule has 22 heavy (non-hydrogen) atoms. The summed E-state index contributed by atoms with van der Waals surface area (Å²) in [6.07, 6.45) is 0. The molecule has 0 radical (unpaired) electrons. The quantitative estimate of drug-likeness (QED) is 0.740. The second kappa shape index (κ2) is 5.94. The maximum absolute atomic E-state index is 12.2. The van der Waals surface area contributed by atoms with Crippen LogP contribution in [0.5, 0.6) is 11.5 Å². The predicted molar refractivity (Wildman–Crippen MR) is 88.1 cm³/mol. The molecule has 0 saturated heterocycles. The van der Waals surface area contributed by atoms with Crippen molar-refractivity contribution in [2.45, 2.75) is 0 Å². The van der Waals surface area contributed by atoms with E-state index in [2.05, 4.69) is 4.99 Å². The third-order valence-corrected chi connectivity index (χ3v) is 5.16. The summed E-state index contributed by atoms with van der Waals surface area (Å²) in [6, 6.07) is 7.34. The Morgan fingerprint density at radius 2 is 2.09 bits per heavy atom. The summed E-state index contributed by atoms with van der Waals surface area (Å²) in [5.74, 6) is 1.17. The van der Waals surface area contributed by atoms with Gasteiger partial charge in [-0.05, 0) is 17.5 Å². The Hall–Kier alpha value is -2.12. The van der Waals surface area contributed by atoms with E-state index in [4.69, 9.17) is 9.47 Å². The van der Waals surface area contributed by atoms with Gasteiger partial charge in [-0.3, -0.25) is 4.79 Å². The van der Waals surface area contributed by atoms with E-state index >= 15 is 0 Å².